The van der Waals surface area contributed by atoms with Crippen molar-refractivity contribution in [2.45, 2.75) is 14.7 Å². The first-order valence-electron chi connectivity index (χ1n) is 4.53. The summed E-state index contributed by atoms with van der Waals surface area (Å²) in [6.45, 7) is 0. The zero-order valence-corrected chi connectivity index (χ0v) is 13.0. The minimum absolute atomic E-state index is 0.475. The number of nitrogen functional groups attached to an aromatic ring is 1. The Kier molecular flexibility index (Phi) is 3.94. The third kappa shape index (κ3) is 3.38. The van der Waals surface area contributed by atoms with Gasteiger partial charge in [-0.1, -0.05) is 0 Å². The van der Waals surface area contributed by atoms with Crippen LogP contribution in [0.15, 0.2) is 26.8 Å². The Morgan fingerprint density at radius 3 is 1.63 bits per heavy atom. The lowest BCUT2D eigenvalue weighted by molar-refractivity contribution is 0.591. The minimum atomic E-state index is -4.38. The van der Waals surface area contributed by atoms with Crippen molar-refractivity contribution in [2.24, 2.45) is 0 Å². The quantitative estimate of drug-likeness (QED) is 0.602. The Bertz CT molecular complexity index is 839. The lowest BCUT2D eigenvalue weighted by Gasteiger charge is -2.11. The van der Waals surface area contributed by atoms with E-state index in [1.54, 1.807) is 0 Å². The summed E-state index contributed by atoms with van der Waals surface area (Å²) in [7, 11) is -7.16. The fraction of sp³-hybridized carbons (Fsp3) is 0.250. The molecule has 0 saturated heterocycles. The summed E-state index contributed by atoms with van der Waals surface area (Å²) in [4.78, 5) is -2.04. The summed E-state index contributed by atoms with van der Waals surface area (Å²) in [5.74, 6) is 0. The Hall–Kier alpha value is -0.840. The summed E-state index contributed by atoms with van der Waals surface area (Å²) in [6.07, 6.45) is 1.52. The van der Waals surface area contributed by atoms with Gasteiger partial charge in [0.25, 0.3) is 9.05 Å². The van der Waals surface area contributed by atoms with Gasteiger partial charge in [-0.05, 0) is 12.1 Å². The molecule has 11 heteroatoms. The van der Waals surface area contributed by atoms with E-state index in [0.29, 0.717) is 6.26 Å². The zero-order valence-electron chi connectivity index (χ0n) is 9.78. The maximum atomic E-state index is 11.6. The van der Waals surface area contributed by atoms with Crippen LogP contribution in [0.2, 0.25) is 0 Å². The molecule has 7 nitrogen and oxygen atoms in total. The van der Waals surface area contributed by atoms with Gasteiger partial charge in [0.15, 0.2) is 19.7 Å². The minimum Gasteiger partial charge on any atom is -0.397 e. The van der Waals surface area contributed by atoms with Crippen LogP contribution in [0.4, 0.5) is 5.69 Å². The van der Waals surface area contributed by atoms with E-state index in [1.165, 1.54) is 0 Å². The summed E-state index contributed by atoms with van der Waals surface area (Å²) in [5, 5.41) is 0. The number of benzene rings is 1. The first kappa shape index (κ1) is 16.2. The molecule has 0 aliphatic heterocycles. The van der Waals surface area contributed by atoms with Crippen molar-refractivity contribution in [2.75, 3.05) is 18.2 Å². The van der Waals surface area contributed by atoms with Gasteiger partial charge in [-0.25, -0.2) is 25.3 Å². The molecule has 0 spiro atoms. The highest BCUT2D eigenvalue weighted by Gasteiger charge is 2.28. The Balaban J connectivity index is 4.03. The fourth-order valence-corrected chi connectivity index (χ4v) is 5.15. The average molecular weight is 348 g/mol. The van der Waals surface area contributed by atoms with E-state index in [0.717, 1.165) is 18.4 Å². The van der Waals surface area contributed by atoms with Crippen LogP contribution in [-0.4, -0.2) is 37.8 Å². The predicted molar refractivity (Wildman–Crippen MR) is 70.1 cm³/mol. The molecule has 0 bridgehead atoms. The van der Waals surface area contributed by atoms with Crippen molar-refractivity contribution in [3.05, 3.63) is 12.1 Å². The molecule has 1 aromatic carbocycles. The van der Waals surface area contributed by atoms with Crippen LogP contribution in [0.1, 0.15) is 0 Å². The van der Waals surface area contributed by atoms with Gasteiger partial charge >= 0.3 is 0 Å². The number of anilines is 1. The number of halogens is 1. The molecule has 0 aliphatic carbocycles. The van der Waals surface area contributed by atoms with Gasteiger partial charge in [0.2, 0.25) is 0 Å². The summed E-state index contributed by atoms with van der Waals surface area (Å²) < 4.78 is 68.7. The molecule has 0 heterocycles. The number of sulfone groups is 2. The van der Waals surface area contributed by atoms with E-state index < -0.39 is 49.1 Å². The zero-order chi connectivity index (χ0) is 15.2. The normalized spacial score (nSPS) is 13.4. The lowest BCUT2D eigenvalue weighted by atomic mass is 10.3. The van der Waals surface area contributed by atoms with E-state index >= 15 is 0 Å². The fourth-order valence-electron chi connectivity index (χ4n) is 1.46. The molecule has 1 aromatic rings. The van der Waals surface area contributed by atoms with Crippen molar-refractivity contribution < 1.29 is 25.3 Å². The van der Waals surface area contributed by atoms with Gasteiger partial charge in [-0.15, -0.1) is 0 Å². The second-order valence-corrected chi connectivity index (χ2v) is 10.3. The molecule has 0 radical (unpaired) electrons. The molecule has 0 atom stereocenters. The molecular weight excluding hydrogens is 338 g/mol. The standard InChI is InChI=1S/C8H10ClNO6S3/c1-17(11,12)5-3-4-6(19(9,15)16)8(7(5)10)18(2,13)14/h3-4H,10H2,1-2H3. The smallest absolute Gasteiger partial charge is 0.262 e. The van der Waals surface area contributed by atoms with E-state index in [2.05, 4.69) is 0 Å². The maximum absolute atomic E-state index is 11.6. The van der Waals surface area contributed by atoms with Gasteiger partial charge in [0.1, 0.15) is 9.79 Å². The third-order valence-electron chi connectivity index (χ3n) is 2.15. The predicted octanol–water partition coefficient (Wildman–Crippen LogP) is 0.00330. The molecule has 0 unspecified atom stereocenters. The molecule has 0 aliphatic rings. The molecule has 0 fully saturated rings. The van der Waals surface area contributed by atoms with Crippen LogP contribution in [0.5, 0.6) is 0 Å². The highest BCUT2D eigenvalue weighted by molar-refractivity contribution is 8.14. The van der Waals surface area contributed by atoms with Crippen LogP contribution >= 0.6 is 10.7 Å². The van der Waals surface area contributed by atoms with E-state index in [-0.39, 0.29) is 0 Å². The highest BCUT2D eigenvalue weighted by atomic mass is 35.7. The van der Waals surface area contributed by atoms with Crippen LogP contribution in [-0.2, 0) is 28.7 Å². The average Bonchev–Trinajstić information content (AvgIpc) is 2.11. The number of rotatable bonds is 3. The Morgan fingerprint density at radius 2 is 1.32 bits per heavy atom. The molecule has 1 rings (SSSR count). The Labute approximate surface area is 115 Å². The molecular formula is C8H10ClNO6S3. The van der Waals surface area contributed by atoms with Crippen LogP contribution in [0.25, 0.3) is 0 Å². The summed E-state index contributed by atoms with van der Waals surface area (Å²) >= 11 is 0. The second kappa shape index (κ2) is 4.62. The van der Waals surface area contributed by atoms with Gasteiger partial charge < -0.3 is 5.73 Å². The van der Waals surface area contributed by atoms with Crippen molar-refractivity contribution in [1.29, 1.82) is 0 Å². The van der Waals surface area contributed by atoms with Crippen LogP contribution < -0.4 is 5.73 Å². The molecule has 108 valence electrons. The molecule has 0 amide bonds. The SMILES string of the molecule is CS(=O)(=O)c1ccc(S(=O)(=O)Cl)c(S(C)(=O)=O)c1N. The number of nitrogens with two attached hydrogens (primary N) is 1. The first-order valence-corrected chi connectivity index (χ1v) is 10.6. The van der Waals surface area contributed by atoms with Crippen molar-refractivity contribution in [3.63, 3.8) is 0 Å². The van der Waals surface area contributed by atoms with Gasteiger partial charge in [-0.2, -0.15) is 0 Å². The molecule has 2 N–H and O–H groups in total. The molecule has 0 saturated carbocycles. The number of hydrogen-bond donors (Lipinski definition) is 1. The molecule has 19 heavy (non-hydrogen) atoms. The second-order valence-electron chi connectivity index (χ2n) is 3.79. The van der Waals surface area contributed by atoms with Crippen molar-refractivity contribution >= 4 is 45.1 Å². The molecule has 0 aromatic heterocycles. The van der Waals surface area contributed by atoms with Gasteiger partial charge in [0, 0.05) is 23.2 Å². The van der Waals surface area contributed by atoms with E-state index in [4.69, 9.17) is 16.4 Å². The van der Waals surface area contributed by atoms with Crippen molar-refractivity contribution in [3.8, 4) is 0 Å². The monoisotopic (exact) mass is 347 g/mol. The lowest BCUT2D eigenvalue weighted by Crippen LogP contribution is -2.12. The van der Waals surface area contributed by atoms with Crippen LogP contribution in [0.3, 0.4) is 0 Å². The first-order chi connectivity index (χ1) is 8.26. The highest BCUT2D eigenvalue weighted by Crippen LogP contribution is 2.33. The van der Waals surface area contributed by atoms with Crippen molar-refractivity contribution in [1.82, 2.24) is 0 Å². The van der Waals surface area contributed by atoms with Gasteiger partial charge in [-0.3, -0.25) is 0 Å². The number of hydrogen-bond acceptors (Lipinski definition) is 7. The van der Waals surface area contributed by atoms with E-state index in [1.807, 2.05) is 0 Å². The van der Waals surface area contributed by atoms with Crippen LogP contribution in [0, 0.1) is 0 Å². The topological polar surface area (TPSA) is 128 Å². The largest absolute Gasteiger partial charge is 0.397 e. The third-order valence-corrected chi connectivity index (χ3v) is 5.98. The van der Waals surface area contributed by atoms with E-state index in [9.17, 15) is 25.3 Å². The Morgan fingerprint density at radius 1 is 0.895 bits per heavy atom. The van der Waals surface area contributed by atoms with Gasteiger partial charge in [0.05, 0.1) is 10.6 Å². The summed E-state index contributed by atoms with van der Waals surface area (Å²) in [5.41, 5.74) is 4.81. The maximum Gasteiger partial charge on any atom is 0.262 e. The summed E-state index contributed by atoms with van der Waals surface area (Å²) in [6, 6.07) is 1.69.